The lowest BCUT2D eigenvalue weighted by Gasteiger charge is -2.07. The van der Waals surface area contributed by atoms with Gasteiger partial charge in [-0.2, -0.15) is 5.10 Å². The zero-order valence-corrected chi connectivity index (χ0v) is 11.9. The third kappa shape index (κ3) is 2.41. The van der Waals surface area contributed by atoms with Crippen LogP contribution in [0.15, 0.2) is 18.2 Å². The van der Waals surface area contributed by atoms with Crippen LogP contribution in [0.2, 0.25) is 5.02 Å². The van der Waals surface area contributed by atoms with Crippen LogP contribution in [0.5, 0.6) is 0 Å². The molecule has 0 aliphatic heterocycles. The Balaban J connectivity index is 2.67. The first-order valence-corrected chi connectivity index (χ1v) is 6.66. The number of halogens is 2. The molecule has 6 heteroatoms. The summed E-state index contributed by atoms with van der Waals surface area (Å²) < 4.78 is 14.7. The fourth-order valence-corrected chi connectivity index (χ4v) is 2.33. The number of benzene rings is 1. The van der Waals surface area contributed by atoms with Crippen LogP contribution in [0.1, 0.15) is 35.6 Å². The highest BCUT2D eigenvalue weighted by Gasteiger charge is 2.22. The van der Waals surface area contributed by atoms with E-state index in [1.807, 2.05) is 13.8 Å². The Morgan fingerprint density at radius 2 is 2.10 bits per heavy atom. The number of aryl methyl sites for hydroxylation is 1. The van der Waals surface area contributed by atoms with E-state index in [1.54, 1.807) is 0 Å². The Morgan fingerprint density at radius 3 is 2.60 bits per heavy atom. The lowest BCUT2D eigenvalue weighted by Crippen LogP contribution is -2.06. The number of nitrogens with zero attached hydrogens (tertiary/aromatic N) is 2. The van der Waals surface area contributed by atoms with E-state index in [-0.39, 0.29) is 10.6 Å². The van der Waals surface area contributed by atoms with Gasteiger partial charge in [0.05, 0.1) is 22.1 Å². The van der Waals surface area contributed by atoms with Crippen molar-refractivity contribution in [3.8, 4) is 5.69 Å². The number of rotatable bonds is 4. The maximum absolute atomic E-state index is 13.2. The third-order valence-electron chi connectivity index (χ3n) is 3.08. The molecule has 106 valence electrons. The van der Waals surface area contributed by atoms with Gasteiger partial charge in [0.25, 0.3) is 0 Å². The van der Waals surface area contributed by atoms with Gasteiger partial charge in [-0.3, -0.25) is 0 Å². The monoisotopic (exact) mass is 296 g/mol. The van der Waals surface area contributed by atoms with Crippen molar-refractivity contribution in [2.75, 3.05) is 0 Å². The van der Waals surface area contributed by atoms with Crippen molar-refractivity contribution in [3.05, 3.63) is 46.0 Å². The summed E-state index contributed by atoms with van der Waals surface area (Å²) >= 11 is 5.77. The normalized spacial score (nSPS) is 10.8. The molecule has 2 aromatic rings. The summed E-state index contributed by atoms with van der Waals surface area (Å²) in [5.74, 6) is -1.52. The Hall–Kier alpha value is -1.88. The average Bonchev–Trinajstić information content (AvgIpc) is 2.80. The summed E-state index contributed by atoms with van der Waals surface area (Å²) in [7, 11) is 0. The molecular formula is C14H14ClFN2O2. The molecule has 0 aliphatic rings. The van der Waals surface area contributed by atoms with E-state index < -0.39 is 11.8 Å². The van der Waals surface area contributed by atoms with Crippen LogP contribution in [0.4, 0.5) is 4.39 Å². The van der Waals surface area contributed by atoms with Crippen molar-refractivity contribution >= 4 is 17.6 Å². The van der Waals surface area contributed by atoms with Crippen LogP contribution < -0.4 is 0 Å². The van der Waals surface area contributed by atoms with Gasteiger partial charge in [0, 0.05) is 0 Å². The van der Waals surface area contributed by atoms with Crippen LogP contribution in [-0.4, -0.2) is 20.9 Å². The van der Waals surface area contributed by atoms with E-state index in [0.717, 1.165) is 0 Å². The fourth-order valence-electron chi connectivity index (χ4n) is 2.15. The number of aromatic carboxylic acids is 1. The largest absolute Gasteiger partial charge is 0.478 e. The van der Waals surface area contributed by atoms with Gasteiger partial charge in [0.1, 0.15) is 11.4 Å². The molecule has 20 heavy (non-hydrogen) atoms. The standard InChI is InChI=1S/C14H14ClFN2O2/c1-3-11-13(14(19)20)12(4-2)18(17-11)8-5-6-10(16)9(15)7-8/h5-7H,3-4H2,1-2H3,(H,19,20). The molecule has 1 aromatic carbocycles. The summed E-state index contributed by atoms with van der Waals surface area (Å²) in [6.45, 7) is 3.70. The highest BCUT2D eigenvalue weighted by atomic mass is 35.5. The van der Waals surface area contributed by atoms with Crippen molar-refractivity contribution < 1.29 is 14.3 Å². The molecule has 1 aromatic heterocycles. The Morgan fingerprint density at radius 1 is 1.40 bits per heavy atom. The second-order valence-corrected chi connectivity index (χ2v) is 4.70. The van der Waals surface area contributed by atoms with Crippen LogP contribution in [0, 0.1) is 5.82 Å². The Bertz CT molecular complexity index is 667. The van der Waals surface area contributed by atoms with Gasteiger partial charge in [0.2, 0.25) is 0 Å². The summed E-state index contributed by atoms with van der Waals surface area (Å²) in [5, 5.41) is 13.6. The van der Waals surface area contributed by atoms with Crippen molar-refractivity contribution in [2.24, 2.45) is 0 Å². The number of aromatic nitrogens is 2. The molecule has 0 amide bonds. The molecule has 0 bridgehead atoms. The van der Waals surface area contributed by atoms with Gasteiger partial charge in [-0.1, -0.05) is 25.4 Å². The van der Waals surface area contributed by atoms with Crippen LogP contribution in [0.25, 0.3) is 5.69 Å². The van der Waals surface area contributed by atoms with Crippen molar-refractivity contribution in [3.63, 3.8) is 0 Å². The second-order valence-electron chi connectivity index (χ2n) is 4.29. The maximum Gasteiger partial charge on any atom is 0.339 e. The molecule has 0 atom stereocenters. The number of hydrogen-bond acceptors (Lipinski definition) is 2. The molecule has 1 heterocycles. The van der Waals surface area contributed by atoms with E-state index >= 15 is 0 Å². The number of carboxylic acids is 1. The summed E-state index contributed by atoms with van der Waals surface area (Å²) in [6, 6.07) is 4.21. The Kier molecular flexibility index (Phi) is 4.09. The average molecular weight is 297 g/mol. The smallest absolute Gasteiger partial charge is 0.339 e. The molecule has 1 N–H and O–H groups in total. The molecule has 0 saturated carbocycles. The summed E-state index contributed by atoms with van der Waals surface area (Å²) in [4.78, 5) is 11.4. The Labute approximate surface area is 120 Å². The molecule has 2 rings (SSSR count). The first kappa shape index (κ1) is 14.5. The van der Waals surface area contributed by atoms with Crippen molar-refractivity contribution in [1.29, 1.82) is 0 Å². The molecule has 0 radical (unpaired) electrons. The quantitative estimate of drug-likeness (QED) is 0.939. The molecule has 0 fully saturated rings. The third-order valence-corrected chi connectivity index (χ3v) is 3.37. The minimum absolute atomic E-state index is 0.0185. The minimum atomic E-state index is -1.00. The predicted molar refractivity (Wildman–Crippen MR) is 74.2 cm³/mol. The van der Waals surface area contributed by atoms with Crippen LogP contribution in [0.3, 0.4) is 0 Å². The molecular weight excluding hydrogens is 283 g/mol. The molecule has 0 spiro atoms. The predicted octanol–water partition coefficient (Wildman–Crippen LogP) is 3.49. The first-order chi connectivity index (χ1) is 9.49. The zero-order valence-electron chi connectivity index (χ0n) is 11.2. The summed E-state index contributed by atoms with van der Waals surface area (Å²) in [5.41, 5.74) is 1.86. The molecule has 0 aliphatic carbocycles. The SMILES string of the molecule is CCc1nn(-c2ccc(F)c(Cl)c2)c(CC)c1C(=O)O. The topological polar surface area (TPSA) is 55.1 Å². The van der Waals surface area contributed by atoms with E-state index in [4.69, 9.17) is 11.6 Å². The zero-order chi connectivity index (χ0) is 14.9. The van der Waals surface area contributed by atoms with E-state index in [2.05, 4.69) is 5.10 Å². The molecule has 4 nitrogen and oxygen atoms in total. The molecule has 0 unspecified atom stereocenters. The second kappa shape index (κ2) is 5.63. The van der Waals surface area contributed by atoms with Gasteiger partial charge < -0.3 is 5.11 Å². The molecule has 0 saturated heterocycles. The van der Waals surface area contributed by atoms with Gasteiger partial charge in [-0.05, 0) is 31.0 Å². The van der Waals surface area contributed by atoms with E-state index in [0.29, 0.717) is 29.9 Å². The highest BCUT2D eigenvalue weighted by molar-refractivity contribution is 6.30. The van der Waals surface area contributed by atoms with Gasteiger partial charge in [0.15, 0.2) is 0 Å². The maximum atomic E-state index is 13.2. The first-order valence-electron chi connectivity index (χ1n) is 6.29. The lowest BCUT2D eigenvalue weighted by molar-refractivity contribution is 0.0694. The van der Waals surface area contributed by atoms with Crippen molar-refractivity contribution in [2.45, 2.75) is 26.7 Å². The minimum Gasteiger partial charge on any atom is -0.478 e. The number of carbonyl (C=O) groups is 1. The fraction of sp³-hybridized carbons (Fsp3) is 0.286. The van der Waals surface area contributed by atoms with Gasteiger partial charge >= 0.3 is 5.97 Å². The number of hydrogen-bond donors (Lipinski definition) is 1. The van der Waals surface area contributed by atoms with E-state index in [1.165, 1.54) is 22.9 Å². The van der Waals surface area contributed by atoms with Gasteiger partial charge in [-0.15, -0.1) is 0 Å². The lowest BCUT2D eigenvalue weighted by atomic mass is 10.1. The number of carboxylic acid groups (broad SMARTS) is 1. The van der Waals surface area contributed by atoms with Crippen LogP contribution in [-0.2, 0) is 12.8 Å². The van der Waals surface area contributed by atoms with E-state index in [9.17, 15) is 14.3 Å². The highest BCUT2D eigenvalue weighted by Crippen LogP contribution is 2.23. The summed E-state index contributed by atoms with van der Waals surface area (Å²) in [6.07, 6.45) is 1.01. The van der Waals surface area contributed by atoms with Crippen molar-refractivity contribution in [1.82, 2.24) is 9.78 Å². The van der Waals surface area contributed by atoms with Crippen LogP contribution >= 0.6 is 11.6 Å². The van der Waals surface area contributed by atoms with Gasteiger partial charge in [-0.25, -0.2) is 13.9 Å².